The van der Waals surface area contributed by atoms with E-state index in [0.717, 1.165) is 5.56 Å². The first kappa shape index (κ1) is 8.78. The molecule has 1 heterocycles. The minimum Gasteiger partial charge on any atom is -0.219 e. The van der Waals surface area contributed by atoms with E-state index in [0.29, 0.717) is 4.90 Å². The summed E-state index contributed by atoms with van der Waals surface area (Å²) in [5.41, 5.74) is 0.734. The number of hydrogen-bond donors (Lipinski definition) is 0. The summed E-state index contributed by atoms with van der Waals surface area (Å²) in [5, 5.41) is 0. The van der Waals surface area contributed by atoms with Gasteiger partial charge in [-0.25, -0.2) is 8.42 Å². The van der Waals surface area contributed by atoms with Gasteiger partial charge in [-0.3, -0.25) is 0 Å². The van der Waals surface area contributed by atoms with Gasteiger partial charge in [-0.15, -0.1) is 11.6 Å². The highest BCUT2D eigenvalue weighted by Gasteiger charge is 2.27. The minimum atomic E-state index is -3.27. The van der Waals surface area contributed by atoms with Gasteiger partial charge in [0.25, 0.3) is 0 Å². The zero-order valence-corrected chi connectivity index (χ0v) is 8.27. The lowest BCUT2D eigenvalue weighted by atomic mass is 10.2. The van der Waals surface area contributed by atoms with E-state index in [2.05, 4.69) is 0 Å². The van der Waals surface area contributed by atoms with E-state index in [-0.39, 0.29) is 10.8 Å². The molecule has 1 aliphatic heterocycles. The number of allylic oxidation sites excluding steroid dienone is 1. The molecule has 4 heteroatoms. The standard InChI is InChI=1S/C9H7ClO2S/c10-6-8-5-7-3-1-2-4-9(7)13(8,11)12/h1-5H,6H2. The third kappa shape index (κ3) is 1.19. The maximum atomic E-state index is 11.7. The van der Waals surface area contributed by atoms with E-state index >= 15 is 0 Å². The topological polar surface area (TPSA) is 34.1 Å². The second-order valence-electron chi connectivity index (χ2n) is 2.79. The summed E-state index contributed by atoms with van der Waals surface area (Å²) in [5.74, 6) is 0.0387. The molecule has 2 rings (SSSR count). The monoisotopic (exact) mass is 214 g/mol. The minimum absolute atomic E-state index is 0.0387. The molecule has 0 radical (unpaired) electrons. The van der Waals surface area contributed by atoms with Gasteiger partial charge in [0.05, 0.1) is 15.7 Å². The van der Waals surface area contributed by atoms with Crippen molar-refractivity contribution in [3.05, 3.63) is 34.7 Å². The zero-order valence-electron chi connectivity index (χ0n) is 6.70. The third-order valence-corrected chi connectivity index (χ3v) is 4.35. The predicted octanol–water partition coefficient (Wildman–Crippen LogP) is 2.05. The summed E-state index contributed by atoms with van der Waals surface area (Å²) in [6.07, 6.45) is 1.62. The molecule has 0 atom stereocenters. The van der Waals surface area contributed by atoms with Crippen molar-refractivity contribution in [2.45, 2.75) is 4.90 Å². The summed E-state index contributed by atoms with van der Waals surface area (Å²) in [7, 11) is -3.27. The van der Waals surface area contributed by atoms with Crippen molar-refractivity contribution >= 4 is 27.5 Å². The van der Waals surface area contributed by atoms with Crippen LogP contribution in [-0.2, 0) is 9.84 Å². The quantitative estimate of drug-likeness (QED) is 0.671. The van der Waals surface area contributed by atoms with Gasteiger partial charge in [0.2, 0.25) is 9.84 Å². The summed E-state index contributed by atoms with van der Waals surface area (Å²) in [6.45, 7) is 0. The van der Waals surface area contributed by atoms with E-state index in [1.54, 1.807) is 24.3 Å². The van der Waals surface area contributed by atoms with Crippen molar-refractivity contribution in [3.8, 4) is 0 Å². The number of rotatable bonds is 1. The Morgan fingerprint density at radius 1 is 1.23 bits per heavy atom. The van der Waals surface area contributed by atoms with E-state index in [9.17, 15) is 8.42 Å². The molecule has 1 aromatic carbocycles. The van der Waals surface area contributed by atoms with Crippen LogP contribution in [0, 0.1) is 0 Å². The Balaban J connectivity index is 2.72. The Labute approximate surface area is 81.8 Å². The molecule has 0 N–H and O–H groups in total. The van der Waals surface area contributed by atoms with Crippen molar-refractivity contribution in [2.24, 2.45) is 0 Å². The van der Waals surface area contributed by atoms with E-state index in [4.69, 9.17) is 11.6 Å². The van der Waals surface area contributed by atoms with Crippen LogP contribution in [0.1, 0.15) is 5.56 Å². The van der Waals surface area contributed by atoms with E-state index < -0.39 is 9.84 Å². The fourth-order valence-electron chi connectivity index (χ4n) is 1.35. The molecule has 0 saturated heterocycles. The number of alkyl halides is 1. The van der Waals surface area contributed by atoms with Crippen molar-refractivity contribution in [1.82, 2.24) is 0 Å². The lowest BCUT2D eigenvalue weighted by Crippen LogP contribution is -2.00. The van der Waals surface area contributed by atoms with Crippen LogP contribution in [0.25, 0.3) is 6.08 Å². The fraction of sp³-hybridized carbons (Fsp3) is 0.111. The Morgan fingerprint density at radius 3 is 2.54 bits per heavy atom. The smallest absolute Gasteiger partial charge is 0.204 e. The zero-order chi connectivity index (χ0) is 9.47. The summed E-state index contributed by atoms with van der Waals surface area (Å²) in [4.78, 5) is 0.654. The van der Waals surface area contributed by atoms with Crippen molar-refractivity contribution < 1.29 is 8.42 Å². The van der Waals surface area contributed by atoms with Crippen molar-refractivity contribution in [2.75, 3.05) is 5.88 Å². The van der Waals surface area contributed by atoms with Crippen LogP contribution in [0.3, 0.4) is 0 Å². The number of hydrogen-bond acceptors (Lipinski definition) is 2. The van der Waals surface area contributed by atoms with Gasteiger partial charge in [0, 0.05) is 0 Å². The highest BCUT2D eigenvalue weighted by atomic mass is 35.5. The Kier molecular flexibility index (Phi) is 1.93. The number of benzene rings is 1. The normalized spacial score (nSPS) is 18.1. The van der Waals surface area contributed by atoms with E-state index in [1.807, 2.05) is 6.07 Å². The first-order valence-corrected chi connectivity index (χ1v) is 5.78. The van der Waals surface area contributed by atoms with Gasteiger partial charge in [0.1, 0.15) is 0 Å². The highest BCUT2D eigenvalue weighted by molar-refractivity contribution is 7.96. The van der Waals surface area contributed by atoms with Crippen LogP contribution in [-0.4, -0.2) is 14.3 Å². The first-order chi connectivity index (χ1) is 6.16. The van der Waals surface area contributed by atoms with Gasteiger partial charge in [-0.1, -0.05) is 18.2 Å². The van der Waals surface area contributed by atoms with Crippen LogP contribution in [0.15, 0.2) is 34.1 Å². The summed E-state index contributed by atoms with van der Waals surface area (Å²) >= 11 is 5.53. The second-order valence-corrected chi connectivity index (χ2v) is 5.02. The van der Waals surface area contributed by atoms with Gasteiger partial charge in [-0.2, -0.15) is 0 Å². The SMILES string of the molecule is O=S1(=O)C(CCl)=Cc2ccccc21. The summed E-state index contributed by atoms with van der Waals surface area (Å²) in [6, 6.07) is 6.89. The summed E-state index contributed by atoms with van der Waals surface area (Å²) < 4.78 is 23.3. The van der Waals surface area contributed by atoms with Crippen LogP contribution in [0.4, 0.5) is 0 Å². The molecule has 0 aromatic heterocycles. The van der Waals surface area contributed by atoms with Gasteiger partial charge >= 0.3 is 0 Å². The number of halogens is 1. The maximum absolute atomic E-state index is 11.7. The van der Waals surface area contributed by atoms with Crippen molar-refractivity contribution in [3.63, 3.8) is 0 Å². The molecule has 0 unspecified atom stereocenters. The molecule has 2 nitrogen and oxygen atoms in total. The fourth-order valence-corrected chi connectivity index (χ4v) is 3.26. The van der Waals surface area contributed by atoms with Gasteiger partial charge in [-0.05, 0) is 17.7 Å². The van der Waals surface area contributed by atoms with Crippen molar-refractivity contribution in [1.29, 1.82) is 0 Å². The molecule has 1 aromatic rings. The number of fused-ring (bicyclic) bond motifs is 1. The first-order valence-electron chi connectivity index (χ1n) is 3.77. The van der Waals surface area contributed by atoms with Gasteiger partial charge in [0.15, 0.2) is 0 Å². The van der Waals surface area contributed by atoms with Gasteiger partial charge < -0.3 is 0 Å². The largest absolute Gasteiger partial charge is 0.219 e. The molecule has 0 bridgehead atoms. The van der Waals surface area contributed by atoms with E-state index in [1.165, 1.54) is 0 Å². The van der Waals surface area contributed by atoms with Crippen LogP contribution >= 0.6 is 11.6 Å². The lowest BCUT2D eigenvalue weighted by molar-refractivity contribution is 0.603. The molecular formula is C9H7ClO2S. The molecule has 0 saturated carbocycles. The molecule has 0 spiro atoms. The molecule has 13 heavy (non-hydrogen) atoms. The molecule has 0 aliphatic carbocycles. The maximum Gasteiger partial charge on any atom is 0.204 e. The molecule has 1 aliphatic rings. The van der Waals surface area contributed by atoms with Crippen LogP contribution in [0.5, 0.6) is 0 Å². The highest BCUT2D eigenvalue weighted by Crippen LogP contribution is 2.32. The Hall–Kier alpha value is -0.800. The molecular weight excluding hydrogens is 208 g/mol. The third-order valence-electron chi connectivity index (χ3n) is 2.00. The van der Waals surface area contributed by atoms with Crippen LogP contribution < -0.4 is 0 Å². The number of sulfone groups is 1. The molecule has 0 fully saturated rings. The average molecular weight is 215 g/mol. The average Bonchev–Trinajstić information content (AvgIpc) is 2.39. The second kappa shape index (κ2) is 2.86. The van der Waals surface area contributed by atoms with Crippen LogP contribution in [0.2, 0.25) is 0 Å². The molecule has 0 amide bonds. The Morgan fingerprint density at radius 2 is 1.92 bits per heavy atom. The molecule has 68 valence electrons. The lowest BCUT2D eigenvalue weighted by Gasteiger charge is -1.98. The Bertz CT molecular complexity index is 474. The predicted molar refractivity (Wildman–Crippen MR) is 52.3 cm³/mol.